The summed E-state index contributed by atoms with van der Waals surface area (Å²) in [6, 6.07) is 9.47. The monoisotopic (exact) mass is 413 g/mol. The quantitative estimate of drug-likeness (QED) is 0.671. The molecule has 1 aliphatic heterocycles. The minimum Gasteiger partial charge on any atom is -0.369 e. The van der Waals surface area contributed by atoms with Crippen LogP contribution in [-0.4, -0.2) is 28.0 Å². The Morgan fingerprint density at radius 2 is 1.97 bits per heavy atom. The summed E-state index contributed by atoms with van der Waals surface area (Å²) in [5.74, 6) is 1.63. The lowest BCUT2D eigenvalue weighted by Crippen LogP contribution is -2.32. The van der Waals surface area contributed by atoms with E-state index in [9.17, 15) is 13.2 Å². The molecule has 0 amide bonds. The molecule has 1 N–H and O–H groups in total. The van der Waals surface area contributed by atoms with Gasteiger partial charge in [0.2, 0.25) is 0 Å². The van der Waals surface area contributed by atoms with Gasteiger partial charge in [0.05, 0.1) is 11.3 Å². The molecular formula is C22H22F3N5. The highest BCUT2D eigenvalue weighted by atomic mass is 19.4. The number of rotatable bonds is 5. The Morgan fingerprint density at radius 3 is 2.73 bits per heavy atom. The maximum absolute atomic E-state index is 12.9. The molecular weight excluding hydrogens is 391 g/mol. The summed E-state index contributed by atoms with van der Waals surface area (Å²) < 4.78 is 38.7. The van der Waals surface area contributed by atoms with E-state index < -0.39 is 11.7 Å². The molecule has 0 atom stereocenters. The highest BCUT2D eigenvalue weighted by Crippen LogP contribution is 2.30. The first-order valence-electron chi connectivity index (χ1n) is 9.80. The number of pyridine rings is 1. The summed E-state index contributed by atoms with van der Waals surface area (Å²) in [5.41, 5.74) is 3.12. The van der Waals surface area contributed by atoms with Gasteiger partial charge in [0, 0.05) is 37.8 Å². The minimum absolute atomic E-state index is 0.464. The molecule has 0 aliphatic carbocycles. The lowest BCUT2D eigenvalue weighted by atomic mass is 10.1. The van der Waals surface area contributed by atoms with Crippen molar-refractivity contribution in [1.82, 2.24) is 15.0 Å². The van der Waals surface area contributed by atoms with Crippen LogP contribution in [-0.2, 0) is 25.6 Å². The van der Waals surface area contributed by atoms with Crippen LogP contribution in [0.25, 0.3) is 0 Å². The summed E-state index contributed by atoms with van der Waals surface area (Å²) in [5, 5.41) is 3.28. The SMILES string of the molecule is Cc1ccc(N2CCc3ncnc(NCCc4cccc(C(F)(F)F)c4)c3C2)nc1. The lowest BCUT2D eigenvalue weighted by molar-refractivity contribution is -0.137. The maximum Gasteiger partial charge on any atom is 0.416 e. The number of nitrogens with zero attached hydrogens (tertiary/aromatic N) is 4. The highest BCUT2D eigenvalue weighted by molar-refractivity contribution is 5.52. The van der Waals surface area contributed by atoms with Gasteiger partial charge < -0.3 is 10.2 Å². The van der Waals surface area contributed by atoms with Crippen molar-refractivity contribution in [3.05, 3.63) is 76.9 Å². The van der Waals surface area contributed by atoms with Crippen molar-refractivity contribution in [3.63, 3.8) is 0 Å². The first-order valence-corrected chi connectivity index (χ1v) is 9.80. The average molecular weight is 413 g/mol. The molecule has 0 unspecified atom stereocenters. The molecule has 0 bridgehead atoms. The fraction of sp³-hybridized carbons (Fsp3) is 0.318. The van der Waals surface area contributed by atoms with E-state index in [-0.39, 0.29) is 0 Å². The summed E-state index contributed by atoms with van der Waals surface area (Å²) >= 11 is 0. The normalized spacial score (nSPS) is 13.8. The molecule has 4 rings (SSSR count). The smallest absolute Gasteiger partial charge is 0.369 e. The van der Waals surface area contributed by atoms with Crippen LogP contribution in [0.2, 0.25) is 0 Å². The Morgan fingerprint density at radius 1 is 1.10 bits per heavy atom. The third-order valence-electron chi connectivity index (χ3n) is 5.18. The van der Waals surface area contributed by atoms with Crippen LogP contribution in [0, 0.1) is 6.92 Å². The summed E-state index contributed by atoms with van der Waals surface area (Å²) in [6.07, 6.45) is 0.302. The predicted octanol–water partition coefficient (Wildman–Crippen LogP) is 4.42. The van der Waals surface area contributed by atoms with Crippen molar-refractivity contribution < 1.29 is 13.2 Å². The average Bonchev–Trinajstić information content (AvgIpc) is 2.74. The van der Waals surface area contributed by atoms with Crippen molar-refractivity contribution in [2.75, 3.05) is 23.3 Å². The Balaban J connectivity index is 1.45. The van der Waals surface area contributed by atoms with E-state index in [2.05, 4.69) is 25.2 Å². The molecule has 0 spiro atoms. The van der Waals surface area contributed by atoms with Gasteiger partial charge in [-0.1, -0.05) is 24.3 Å². The van der Waals surface area contributed by atoms with Crippen molar-refractivity contribution in [1.29, 1.82) is 0 Å². The number of aryl methyl sites for hydroxylation is 1. The first-order chi connectivity index (χ1) is 14.4. The van der Waals surface area contributed by atoms with Gasteiger partial charge in [-0.25, -0.2) is 15.0 Å². The zero-order valence-corrected chi connectivity index (χ0v) is 16.6. The summed E-state index contributed by atoms with van der Waals surface area (Å²) in [7, 11) is 0. The number of fused-ring (bicyclic) bond motifs is 1. The molecule has 3 heterocycles. The van der Waals surface area contributed by atoms with E-state index in [1.54, 1.807) is 6.07 Å². The van der Waals surface area contributed by atoms with Crippen LogP contribution in [0.1, 0.15) is 27.9 Å². The van der Waals surface area contributed by atoms with Crippen LogP contribution >= 0.6 is 0 Å². The molecule has 156 valence electrons. The lowest BCUT2D eigenvalue weighted by Gasteiger charge is -2.30. The van der Waals surface area contributed by atoms with E-state index in [0.717, 1.165) is 47.5 Å². The largest absolute Gasteiger partial charge is 0.416 e. The molecule has 0 radical (unpaired) electrons. The topological polar surface area (TPSA) is 53.9 Å². The summed E-state index contributed by atoms with van der Waals surface area (Å²) in [6.45, 7) is 3.94. The molecule has 0 saturated carbocycles. The van der Waals surface area contributed by atoms with Gasteiger partial charge in [-0.15, -0.1) is 0 Å². The number of hydrogen-bond acceptors (Lipinski definition) is 5. The number of halogens is 3. The Hall–Kier alpha value is -3.16. The van der Waals surface area contributed by atoms with Crippen LogP contribution in [0.15, 0.2) is 48.9 Å². The fourth-order valence-corrected chi connectivity index (χ4v) is 3.56. The third kappa shape index (κ3) is 4.53. The molecule has 1 aromatic carbocycles. The van der Waals surface area contributed by atoms with E-state index in [1.807, 2.05) is 25.3 Å². The van der Waals surface area contributed by atoms with Crippen LogP contribution in [0.4, 0.5) is 24.8 Å². The second kappa shape index (κ2) is 8.30. The molecule has 1 aliphatic rings. The zero-order valence-electron chi connectivity index (χ0n) is 16.6. The van der Waals surface area contributed by atoms with Crippen molar-refractivity contribution in [2.45, 2.75) is 32.5 Å². The van der Waals surface area contributed by atoms with Gasteiger partial charge in [-0.05, 0) is 36.6 Å². The van der Waals surface area contributed by atoms with Gasteiger partial charge in [0.15, 0.2) is 0 Å². The third-order valence-corrected chi connectivity index (χ3v) is 5.18. The minimum atomic E-state index is -4.33. The van der Waals surface area contributed by atoms with Gasteiger partial charge in [-0.3, -0.25) is 0 Å². The zero-order chi connectivity index (χ0) is 21.1. The fourth-order valence-electron chi connectivity index (χ4n) is 3.56. The van der Waals surface area contributed by atoms with Gasteiger partial charge in [0.1, 0.15) is 18.0 Å². The molecule has 2 aromatic heterocycles. The van der Waals surface area contributed by atoms with E-state index in [0.29, 0.717) is 25.1 Å². The number of nitrogens with one attached hydrogen (secondary N) is 1. The molecule has 8 heteroatoms. The van der Waals surface area contributed by atoms with E-state index in [4.69, 9.17) is 0 Å². The predicted molar refractivity (Wildman–Crippen MR) is 109 cm³/mol. The Kier molecular flexibility index (Phi) is 5.57. The van der Waals surface area contributed by atoms with Crippen molar-refractivity contribution in [2.24, 2.45) is 0 Å². The second-order valence-corrected chi connectivity index (χ2v) is 7.39. The van der Waals surface area contributed by atoms with Gasteiger partial charge >= 0.3 is 6.18 Å². The van der Waals surface area contributed by atoms with Crippen LogP contribution in [0.3, 0.4) is 0 Å². The Labute approximate surface area is 173 Å². The Bertz CT molecular complexity index is 1020. The highest BCUT2D eigenvalue weighted by Gasteiger charge is 2.30. The van der Waals surface area contributed by atoms with Crippen molar-refractivity contribution in [3.8, 4) is 0 Å². The first kappa shape index (κ1) is 20.1. The second-order valence-electron chi connectivity index (χ2n) is 7.39. The standard InChI is InChI=1S/C22H22F3N5/c1-15-5-6-20(27-12-15)30-10-8-19-18(13-30)21(29-14-28-19)26-9-7-16-3-2-4-17(11-16)22(23,24)25/h2-6,11-12,14H,7-10,13H2,1H3,(H,26,28,29). The number of hydrogen-bond donors (Lipinski definition) is 1. The molecule has 30 heavy (non-hydrogen) atoms. The number of anilines is 2. The molecule has 5 nitrogen and oxygen atoms in total. The van der Waals surface area contributed by atoms with Gasteiger partial charge in [-0.2, -0.15) is 13.2 Å². The summed E-state index contributed by atoms with van der Waals surface area (Å²) in [4.78, 5) is 15.5. The number of aromatic nitrogens is 3. The maximum atomic E-state index is 12.9. The molecule has 3 aromatic rings. The van der Waals surface area contributed by atoms with E-state index in [1.165, 1.54) is 18.5 Å². The van der Waals surface area contributed by atoms with E-state index >= 15 is 0 Å². The van der Waals surface area contributed by atoms with Crippen LogP contribution < -0.4 is 10.2 Å². The van der Waals surface area contributed by atoms with Crippen molar-refractivity contribution >= 4 is 11.6 Å². The number of benzene rings is 1. The van der Waals surface area contributed by atoms with Crippen LogP contribution in [0.5, 0.6) is 0 Å². The molecule has 0 fully saturated rings. The number of alkyl halides is 3. The molecule has 0 saturated heterocycles. The van der Waals surface area contributed by atoms with Gasteiger partial charge in [0.25, 0.3) is 0 Å².